The number of carbonyl (C=O) groups is 2. The molecule has 2 heterocycles. The predicted molar refractivity (Wildman–Crippen MR) is 193 cm³/mol. The molecule has 2 saturated heterocycles. The lowest BCUT2D eigenvalue weighted by atomic mass is 10.1. The Kier molecular flexibility index (Phi) is 16.0. The molecule has 0 spiro atoms. The van der Waals surface area contributed by atoms with Crippen molar-refractivity contribution in [2.24, 2.45) is 0 Å². The van der Waals surface area contributed by atoms with Gasteiger partial charge in [0.1, 0.15) is 17.2 Å². The van der Waals surface area contributed by atoms with Crippen LogP contribution in [0.2, 0.25) is 0 Å². The van der Waals surface area contributed by atoms with E-state index in [0.717, 1.165) is 49.5 Å². The summed E-state index contributed by atoms with van der Waals surface area (Å²) in [6.45, 7) is 3.52. The minimum Gasteiger partial charge on any atom is -0.494 e. The van der Waals surface area contributed by atoms with Crippen LogP contribution in [0.5, 0.6) is 17.2 Å². The average Bonchev–Trinajstić information content (AvgIpc) is 4.08. The molecule has 5 rings (SSSR count). The molecule has 8 nitrogen and oxygen atoms in total. The first-order valence-corrected chi connectivity index (χ1v) is 18.8. The minimum atomic E-state index is -0.427. The minimum absolute atomic E-state index is 0.246. The standard InChI is InChI=1S/C42H54O8/c43-41(34-17-23-36(24-18-34)45-28-11-7-3-1-5-9-13-39-31-48-39)47-30-27-33-15-21-38(22-16-33)50-42(44)35-19-25-37(26-20-35)46-29-12-8-4-2-6-10-14-40-32-49-40/h15-26,39-40H,1-14,27-32H2. The van der Waals surface area contributed by atoms with Crippen LogP contribution in [0.25, 0.3) is 0 Å². The summed E-state index contributed by atoms with van der Waals surface area (Å²) in [6, 6.07) is 21.4. The van der Waals surface area contributed by atoms with Crippen molar-refractivity contribution in [3.8, 4) is 17.2 Å². The van der Waals surface area contributed by atoms with Gasteiger partial charge in [-0.05, 0) is 91.9 Å². The van der Waals surface area contributed by atoms with E-state index in [-0.39, 0.29) is 12.6 Å². The molecule has 2 fully saturated rings. The van der Waals surface area contributed by atoms with Crippen molar-refractivity contribution in [3.05, 3.63) is 89.5 Å². The van der Waals surface area contributed by atoms with Gasteiger partial charge in [0.05, 0.1) is 56.4 Å². The Labute approximate surface area is 297 Å². The maximum absolute atomic E-state index is 12.7. The molecule has 2 atom stereocenters. The number of hydrogen-bond donors (Lipinski definition) is 0. The summed E-state index contributed by atoms with van der Waals surface area (Å²) in [5.41, 5.74) is 1.92. The van der Waals surface area contributed by atoms with Crippen LogP contribution in [-0.2, 0) is 20.6 Å². The molecule has 2 aliphatic heterocycles. The summed E-state index contributed by atoms with van der Waals surface area (Å²) in [4.78, 5) is 25.2. The van der Waals surface area contributed by atoms with Crippen LogP contribution in [0.1, 0.15) is 116 Å². The zero-order valence-corrected chi connectivity index (χ0v) is 29.5. The zero-order chi connectivity index (χ0) is 34.6. The molecule has 3 aromatic rings. The van der Waals surface area contributed by atoms with Crippen LogP contribution < -0.4 is 14.2 Å². The van der Waals surface area contributed by atoms with Crippen LogP contribution in [0.15, 0.2) is 72.8 Å². The lowest BCUT2D eigenvalue weighted by Gasteiger charge is -2.09. The van der Waals surface area contributed by atoms with Gasteiger partial charge in [-0.3, -0.25) is 0 Å². The van der Waals surface area contributed by atoms with Gasteiger partial charge in [-0.25, -0.2) is 9.59 Å². The van der Waals surface area contributed by atoms with Crippen molar-refractivity contribution in [1.82, 2.24) is 0 Å². The van der Waals surface area contributed by atoms with Crippen molar-refractivity contribution in [2.45, 2.75) is 109 Å². The van der Waals surface area contributed by atoms with Crippen LogP contribution >= 0.6 is 0 Å². The molecule has 8 heteroatoms. The first-order valence-electron chi connectivity index (χ1n) is 18.8. The molecule has 0 aliphatic carbocycles. The van der Waals surface area contributed by atoms with E-state index in [1.807, 2.05) is 24.3 Å². The summed E-state index contributed by atoms with van der Waals surface area (Å²) in [5, 5.41) is 0. The number of carbonyl (C=O) groups excluding carboxylic acids is 2. The fourth-order valence-corrected chi connectivity index (χ4v) is 5.82. The Morgan fingerprint density at radius 3 is 1.40 bits per heavy atom. The summed E-state index contributed by atoms with van der Waals surface area (Å²) < 4.78 is 33.2. The van der Waals surface area contributed by atoms with Crippen LogP contribution in [0.3, 0.4) is 0 Å². The van der Waals surface area contributed by atoms with E-state index >= 15 is 0 Å². The van der Waals surface area contributed by atoms with Crippen molar-refractivity contribution in [1.29, 1.82) is 0 Å². The Morgan fingerprint density at radius 2 is 0.920 bits per heavy atom. The van der Waals surface area contributed by atoms with Crippen molar-refractivity contribution >= 4 is 11.9 Å². The van der Waals surface area contributed by atoms with Crippen molar-refractivity contribution in [2.75, 3.05) is 33.0 Å². The molecule has 0 saturated carbocycles. The second-order valence-electron chi connectivity index (χ2n) is 13.4. The summed E-state index contributed by atoms with van der Waals surface area (Å²) in [5.74, 6) is 1.17. The molecule has 0 bridgehead atoms. The van der Waals surface area contributed by atoms with Gasteiger partial charge in [0.2, 0.25) is 0 Å². The number of epoxide rings is 2. The fraction of sp³-hybridized carbons (Fsp3) is 0.524. The van der Waals surface area contributed by atoms with E-state index in [2.05, 4.69) is 0 Å². The van der Waals surface area contributed by atoms with Crippen molar-refractivity contribution in [3.63, 3.8) is 0 Å². The SMILES string of the molecule is O=C(OCCc1ccc(OC(=O)c2ccc(OCCCCCCCCC3CO3)cc2)cc1)c1ccc(OCCCCCCCCC2CO2)cc1. The lowest BCUT2D eigenvalue weighted by molar-refractivity contribution is 0.0508. The van der Waals surface area contributed by atoms with Gasteiger partial charge in [-0.15, -0.1) is 0 Å². The Bertz CT molecular complexity index is 1400. The Balaban J connectivity index is 0.889. The van der Waals surface area contributed by atoms with Gasteiger partial charge in [0.15, 0.2) is 0 Å². The smallest absolute Gasteiger partial charge is 0.343 e. The van der Waals surface area contributed by atoms with Crippen LogP contribution in [-0.4, -0.2) is 57.2 Å². The van der Waals surface area contributed by atoms with E-state index in [4.69, 9.17) is 28.4 Å². The number of unbranched alkanes of at least 4 members (excludes halogenated alkanes) is 10. The van der Waals surface area contributed by atoms with Gasteiger partial charge in [0.25, 0.3) is 0 Å². The molecule has 50 heavy (non-hydrogen) atoms. The Hall–Kier alpha value is -3.88. The third-order valence-corrected chi connectivity index (χ3v) is 9.12. The van der Waals surface area contributed by atoms with E-state index in [1.54, 1.807) is 48.5 Å². The van der Waals surface area contributed by atoms with E-state index in [9.17, 15) is 9.59 Å². The Morgan fingerprint density at radius 1 is 0.500 bits per heavy atom. The highest BCUT2D eigenvalue weighted by molar-refractivity contribution is 5.91. The summed E-state index contributed by atoms with van der Waals surface area (Å²) >= 11 is 0. The molecule has 270 valence electrons. The normalized spacial score (nSPS) is 16.1. The van der Waals surface area contributed by atoms with E-state index in [0.29, 0.717) is 48.7 Å². The highest BCUT2D eigenvalue weighted by Crippen LogP contribution is 2.21. The van der Waals surface area contributed by atoms with Gasteiger partial charge in [-0.2, -0.15) is 0 Å². The molecule has 0 N–H and O–H groups in total. The maximum atomic E-state index is 12.7. The number of esters is 2. The monoisotopic (exact) mass is 686 g/mol. The molecule has 2 unspecified atom stereocenters. The number of ether oxygens (including phenoxy) is 6. The number of benzene rings is 3. The first kappa shape index (κ1) is 37.4. The highest BCUT2D eigenvalue weighted by atomic mass is 16.6. The van der Waals surface area contributed by atoms with Gasteiger partial charge < -0.3 is 28.4 Å². The van der Waals surface area contributed by atoms with Gasteiger partial charge in [0, 0.05) is 6.42 Å². The van der Waals surface area contributed by atoms with E-state index < -0.39 is 5.97 Å². The summed E-state index contributed by atoms with van der Waals surface area (Å²) in [7, 11) is 0. The highest BCUT2D eigenvalue weighted by Gasteiger charge is 2.21. The fourth-order valence-electron chi connectivity index (χ4n) is 5.82. The molecular formula is C42H54O8. The van der Waals surface area contributed by atoms with Gasteiger partial charge in [-0.1, -0.05) is 76.3 Å². The van der Waals surface area contributed by atoms with Crippen LogP contribution in [0.4, 0.5) is 0 Å². The molecule has 0 radical (unpaired) electrons. The third-order valence-electron chi connectivity index (χ3n) is 9.12. The molecule has 0 amide bonds. The topological polar surface area (TPSA) is 96.1 Å². The lowest BCUT2D eigenvalue weighted by Crippen LogP contribution is -2.09. The molecule has 2 aliphatic rings. The molecular weight excluding hydrogens is 632 g/mol. The van der Waals surface area contributed by atoms with E-state index in [1.165, 1.54) is 70.6 Å². The quantitative estimate of drug-likeness (QED) is 0.0357. The van der Waals surface area contributed by atoms with Crippen molar-refractivity contribution < 1.29 is 38.0 Å². The van der Waals surface area contributed by atoms with Crippen LogP contribution in [0, 0.1) is 0 Å². The largest absolute Gasteiger partial charge is 0.494 e. The second kappa shape index (κ2) is 21.4. The molecule has 0 aromatic heterocycles. The third kappa shape index (κ3) is 14.9. The number of hydrogen-bond acceptors (Lipinski definition) is 8. The first-order chi connectivity index (χ1) is 24.6. The maximum Gasteiger partial charge on any atom is 0.343 e. The zero-order valence-electron chi connectivity index (χ0n) is 29.5. The van der Waals surface area contributed by atoms with Gasteiger partial charge >= 0.3 is 11.9 Å². The molecule has 3 aromatic carbocycles. The number of rotatable bonds is 26. The average molecular weight is 687 g/mol. The second-order valence-corrected chi connectivity index (χ2v) is 13.4. The summed E-state index contributed by atoms with van der Waals surface area (Å²) in [6.07, 6.45) is 18.6. The predicted octanol–water partition coefficient (Wildman–Crippen LogP) is 9.32.